The molecule has 0 aromatic heterocycles. The lowest BCUT2D eigenvalue weighted by molar-refractivity contribution is -0.141. The molecule has 0 radical (unpaired) electrons. The smallest absolute Gasteiger partial charge is 0.235 e. The summed E-state index contributed by atoms with van der Waals surface area (Å²) < 4.78 is 5.55. The molecular weight excluding hydrogens is 242 g/mol. The summed E-state index contributed by atoms with van der Waals surface area (Å²) in [6.07, 6.45) is 4.33. The van der Waals surface area contributed by atoms with E-state index in [9.17, 15) is 9.59 Å². The van der Waals surface area contributed by atoms with Crippen molar-refractivity contribution in [2.24, 2.45) is 11.3 Å². The van der Waals surface area contributed by atoms with Crippen LogP contribution in [0.4, 0.5) is 0 Å². The van der Waals surface area contributed by atoms with Gasteiger partial charge in [0.2, 0.25) is 11.8 Å². The molecule has 0 saturated carbocycles. The van der Waals surface area contributed by atoms with Gasteiger partial charge in [-0.25, -0.2) is 0 Å². The highest BCUT2D eigenvalue weighted by Crippen LogP contribution is 2.38. The Labute approximate surface area is 115 Å². The van der Waals surface area contributed by atoms with Crippen LogP contribution in [0, 0.1) is 11.3 Å². The molecule has 108 valence electrons. The van der Waals surface area contributed by atoms with E-state index in [2.05, 4.69) is 13.8 Å². The lowest BCUT2D eigenvalue weighted by atomic mass is 9.80. The first kappa shape index (κ1) is 14.5. The lowest BCUT2D eigenvalue weighted by Gasteiger charge is -2.24. The van der Waals surface area contributed by atoms with Crippen LogP contribution in [0.25, 0.3) is 0 Å². The summed E-state index contributed by atoms with van der Waals surface area (Å²) in [7, 11) is 0. The molecule has 4 heteroatoms. The quantitative estimate of drug-likeness (QED) is 0.718. The fourth-order valence-corrected chi connectivity index (χ4v) is 3.38. The van der Waals surface area contributed by atoms with Crippen LogP contribution < -0.4 is 0 Å². The molecule has 2 atom stereocenters. The first-order valence-corrected chi connectivity index (χ1v) is 7.39. The lowest BCUT2D eigenvalue weighted by Crippen LogP contribution is -2.36. The van der Waals surface area contributed by atoms with E-state index in [-0.39, 0.29) is 17.9 Å². The second-order valence-corrected chi connectivity index (χ2v) is 6.61. The van der Waals surface area contributed by atoms with Gasteiger partial charge in [-0.2, -0.15) is 0 Å². The van der Waals surface area contributed by atoms with Crippen LogP contribution in [0.15, 0.2) is 0 Å². The number of ether oxygens (including phenoxy) is 1. The molecule has 2 fully saturated rings. The molecule has 0 aliphatic carbocycles. The predicted octanol–water partition coefficient (Wildman–Crippen LogP) is 2.37. The van der Waals surface area contributed by atoms with Crippen molar-refractivity contribution < 1.29 is 14.3 Å². The molecule has 2 saturated heterocycles. The van der Waals surface area contributed by atoms with Crippen LogP contribution >= 0.6 is 0 Å². The topological polar surface area (TPSA) is 46.6 Å². The summed E-state index contributed by atoms with van der Waals surface area (Å²) in [6, 6.07) is 0. The van der Waals surface area contributed by atoms with Gasteiger partial charge in [0.25, 0.3) is 0 Å². The minimum Gasteiger partial charge on any atom is -0.378 e. The highest BCUT2D eigenvalue weighted by atomic mass is 16.5. The summed E-state index contributed by atoms with van der Waals surface area (Å²) in [5.41, 5.74) is -0.484. The van der Waals surface area contributed by atoms with Crippen LogP contribution in [-0.4, -0.2) is 36.0 Å². The van der Waals surface area contributed by atoms with E-state index in [4.69, 9.17) is 4.74 Å². The Morgan fingerprint density at radius 1 is 1.42 bits per heavy atom. The average Bonchev–Trinajstić information content (AvgIpc) is 2.86. The van der Waals surface area contributed by atoms with E-state index >= 15 is 0 Å². The number of likely N-dealkylation sites (tertiary alicyclic amines) is 1. The molecule has 0 bridgehead atoms. The number of imide groups is 1. The van der Waals surface area contributed by atoms with Crippen LogP contribution in [0.2, 0.25) is 0 Å². The number of nitrogens with zero attached hydrogens (tertiary/aromatic N) is 1. The summed E-state index contributed by atoms with van der Waals surface area (Å²) in [6.45, 7) is 7.46. The third-order valence-corrected chi connectivity index (χ3v) is 4.16. The van der Waals surface area contributed by atoms with E-state index in [1.165, 1.54) is 4.90 Å². The Hall–Kier alpha value is -0.900. The van der Waals surface area contributed by atoms with Crippen molar-refractivity contribution >= 4 is 11.8 Å². The second-order valence-electron chi connectivity index (χ2n) is 6.61. The van der Waals surface area contributed by atoms with E-state index < -0.39 is 5.41 Å². The first-order valence-electron chi connectivity index (χ1n) is 7.39. The molecule has 0 spiro atoms. The van der Waals surface area contributed by atoms with Crippen molar-refractivity contribution in [1.82, 2.24) is 4.90 Å². The van der Waals surface area contributed by atoms with E-state index in [1.54, 1.807) is 0 Å². The maximum absolute atomic E-state index is 12.4. The summed E-state index contributed by atoms with van der Waals surface area (Å²) in [4.78, 5) is 26.0. The molecule has 2 aliphatic rings. The Morgan fingerprint density at radius 3 is 2.74 bits per heavy atom. The van der Waals surface area contributed by atoms with Crippen molar-refractivity contribution in [1.29, 1.82) is 0 Å². The number of carbonyl (C=O) groups excluding carboxylic acids is 2. The molecule has 2 rings (SSSR count). The van der Waals surface area contributed by atoms with Gasteiger partial charge in [0, 0.05) is 19.6 Å². The van der Waals surface area contributed by atoms with Crippen LogP contribution in [0.5, 0.6) is 0 Å². The van der Waals surface area contributed by atoms with Crippen LogP contribution in [-0.2, 0) is 14.3 Å². The van der Waals surface area contributed by atoms with Crippen LogP contribution in [0.1, 0.15) is 52.9 Å². The molecule has 0 N–H and O–H groups in total. The molecule has 2 aliphatic heterocycles. The summed E-state index contributed by atoms with van der Waals surface area (Å²) in [5.74, 6) is 0.440. The molecule has 0 aromatic carbocycles. The Balaban J connectivity index is 1.93. The predicted molar refractivity (Wildman–Crippen MR) is 72.5 cm³/mol. The zero-order valence-electron chi connectivity index (χ0n) is 12.3. The Kier molecular flexibility index (Phi) is 4.29. The van der Waals surface area contributed by atoms with Gasteiger partial charge in [-0.15, -0.1) is 0 Å². The monoisotopic (exact) mass is 267 g/mol. The van der Waals surface area contributed by atoms with Crippen molar-refractivity contribution in [3.05, 3.63) is 0 Å². The highest BCUT2D eigenvalue weighted by molar-refractivity contribution is 6.05. The number of carbonyl (C=O) groups is 2. The normalized spacial score (nSPS) is 31.8. The van der Waals surface area contributed by atoms with Crippen molar-refractivity contribution in [3.8, 4) is 0 Å². The van der Waals surface area contributed by atoms with E-state index in [1.807, 2.05) is 6.92 Å². The first-order chi connectivity index (χ1) is 8.92. The third-order valence-electron chi connectivity index (χ3n) is 4.16. The van der Waals surface area contributed by atoms with Gasteiger partial charge in [-0.3, -0.25) is 14.5 Å². The standard InChI is InChI=1S/C15H25NO3/c1-11(2)9-15(3)10-13(17)16(14(15)18)7-6-12-5-4-8-19-12/h11-12H,4-10H2,1-3H3/t12-,15-/m1/s1. The largest absolute Gasteiger partial charge is 0.378 e. The minimum atomic E-state index is -0.484. The molecule has 0 aromatic rings. The zero-order valence-corrected chi connectivity index (χ0v) is 12.3. The average molecular weight is 267 g/mol. The van der Waals surface area contributed by atoms with Crippen molar-refractivity contribution in [3.63, 3.8) is 0 Å². The molecule has 0 unspecified atom stereocenters. The van der Waals surface area contributed by atoms with Crippen molar-refractivity contribution in [2.45, 2.75) is 59.0 Å². The number of hydrogen-bond donors (Lipinski definition) is 0. The van der Waals surface area contributed by atoms with Gasteiger partial charge in [0.05, 0.1) is 11.5 Å². The van der Waals surface area contributed by atoms with E-state index in [0.29, 0.717) is 18.9 Å². The maximum atomic E-state index is 12.4. The highest BCUT2D eigenvalue weighted by Gasteiger charge is 2.47. The van der Waals surface area contributed by atoms with Crippen LogP contribution in [0.3, 0.4) is 0 Å². The molecule has 2 heterocycles. The van der Waals surface area contributed by atoms with Gasteiger partial charge in [0.1, 0.15) is 0 Å². The van der Waals surface area contributed by atoms with Gasteiger partial charge < -0.3 is 4.74 Å². The second kappa shape index (κ2) is 5.61. The fourth-order valence-electron chi connectivity index (χ4n) is 3.38. The molecular formula is C15H25NO3. The van der Waals surface area contributed by atoms with Gasteiger partial charge >= 0.3 is 0 Å². The SMILES string of the molecule is CC(C)C[C@]1(C)CC(=O)N(CC[C@H]2CCCO2)C1=O. The number of amides is 2. The van der Waals surface area contributed by atoms with Crippen molar-refractivity contribution in [2.75, 3.05) is 13.2 Å². The maximum Gasteiger partial charge on any atom is 0.235 e. The van der Waals surface area contributed by atoms with Gasteiger partial charge in [-0.1, -0.05) is 20.8 Å². The summed E-state index contributed by atoms with van der Waals surface area (Å²) >= 11 is 0. The van der Waals surface area contributed by atoms with Gasteiger partial charge in [-0.05, 0) is 31.6 Å². The van der Waals surface area contributed by atoms with Gasteiger partial charge in [0.15, 0.2) is 0 Å². The summed E-state index contributed by atoms with van der Waals surface area (Å²) in [5, 5.41) is 0. The molecule has 19 heavy (non-hydrogen) atoms. The number of hydrogen-bond acceptors (Lipinski definition) is 3. The minimum absolute atomic E-state index is 0.00820. The Bertz CT molecular complexity index is 360. The third kappa shape index (κ3) is 3.16. The van der Waals surface area contributed by atoms with E-state index in [0.717, 1.165) is 32.3 Å². The molecule has 4 nitrogen and oxygen atoms in total. The Morgan fingerprint density at radius 2 is 2.16 bits per heavy atom. The fraction of sp³-hybridized carbons (Fsp3) is 0.867. The molecule has 2 amide bonds. The number of rotatable bonds is 5. The zero-order chi connectivity index (χ0) is 14.0.